The largest absolute Gasteiger partial charge is 0.452 e. The highest BCUT2D eigenvalue weighted by Crippen LogP contribution is 2.25. The molecule has 4 rings (SSSR count). The normalized spacial score (nSPS) is 11.3. The van der Waals surface area contributed by atoms with Crippen molar-refractivity contribution in [1.82, 2.24) is 9.97 Å². The number of aromatic nitrogens is 2. The summed E-state index contributed by atoms with van der Waals surface area (Å²) in [5, 5.41) is 0.958. The number of allylic oxidation sites excluding steroid dienone is 1. The summed E-state index contributed by atoms with van der Waals surface area (Å²) in [6, 6.07) is 17.4. The van der Waals surface area contributed by atoms with Gasteiger partial charge in [-0.3, -0.25) is 4.79 Å². The van der Waals surface area contributed by atoms with Crippen LogP contribution in [0.15, 0.2) is 77.5 Å². The molecule has 26 heavy (non-hydrogen) atoms. The second kappa shape index (κ2) is 6.76. The van der Waals surface area contributed by atoms with Crippen LogP contribution in [0.1, 0.15) is 21.7 Å². The fraction of sp³-hybridized carbons (Fsp3) is 0.0455. The van der Waals surface area contributed by atoms with Crippen LogP contribution in [-0.2, 0) is 0 Å². The van der Waals surface area contributed by atoms with Gasteiger partial charge in [-0.05, 0) is 25.1 Å². The van der Waals surface area contributed by atoms with Crippen LogP contribution >= 0.6 is 0 Å². The highest BCUT2D eigenvalue weighted by atomic mass is 16.3. The predicted molar refractivity (Wildman–Crippen MR) is 102 cm³/mol. The number of furan rings is 1. The van der Waals surface area contributed by atoms with Gasteiger partial charge in [0.15, 0.2) is 11.6 Å². The van der Waals surface area contributed by atoms with E-state index in [9.17, 15) is 4.79 Å². The third-order valence-corrected chi connectivity index (χ3v) is 4.20. The lowest BCUT2D eigenvalue weighted by Crippen LogP contribution is -1.94. The second-order valence-corrected chi connectivity index (χ2v) is 5.96. The lowest BCUT2D eigenvalue weighted by Gasteiger charge is -1.99. The second-order valence-electron chi connectivity index (χ2n) is 5.96. The molecule has 0 unspecified atom stereocenters. The van der Waals surface area contributed by atoms with E-state index < -0.39 is 0 Å². The summed E-state index contributed by atoms with van der Waals surface area (Å²) in [7, 11) is 0. The molecule has 2 aromatic carbocycles. The van der Waals surface area contributed by atoms with Crippen molar-refractivity contribution in [2.45, 2.75) is 6.92 Å². The molecule has 0 fully saturated rings. The average molecular weight is 340 g/mol. The summed E-state index contributed by atoms with van der Waals surface area (Å²) in [6.45, 7) is 1.89. The van der Waals surface area contributed by atoms with Gasteiger partial charge in [0, 0.05) is 34.5 Å². The number of hydrogen-bond acceptors (Lipinski definition) is 4. The van der Waals surface area contributed by atoms with Gasteiger partial charge in [-0.1, -0.05) is 48.5 Å². The smallest absolute Gasteiger partial charge is 0.221 e. The van der Waals surface area contributed by atoms with E-state index in [2.05, 4.69) is 9.97 Å². The van der Waals surface area contributed by atoms with Crippen LogP contribution in [0.25, 0.3) is 28.4 Å². The molecule has 0 amide bonds. The Balaban J connectivity index is 1.55. The zero-order valence-corrected chi connectivity index (χ0v) is 14.2. The molecule has 126 valence electrons. The lowest BCUT2D eigenvalue weighted by atomic mass is 10.1. The molecule has 0 aliphatic rings. The van der Waals surface area contributed by atoms with E-state index in [0.717, 1.165) is 27.7 Å². The number of rotatable bonds is 4. The highest BCUT2D eigenvalue weighted by molar-refractivity contribution is 6.08. The Hall–Kier alpha value is -3.53. The van der Waals surface area contributed by atoms with Gasteiger partial charge in [-0.15, -0.1) is 0 Å². The van der Waals surface area contributed by atoms with E-state index in [-0.39, 0.29) is 5.78 Å². The summed E-state index contributed by atoms with van der Waals surface area (Å²) in [4.78, 5) is 21.2. The Kier molecular flexibility index (Phi) is 4.15. The Morgan fingerprint density at radius 3 is 2.38 bits per heavy atom. The number of aryl methyl sites for hydroxylation is 1. The van der Waals surface area contributed by atoms with Gasteiger partial charge in [0.1, 0.15) is 5.58 Å². The third kappa shape index (κ3) is 3.05. The molecule has 0 spiro atoms. The third-order valence-electron chi connectivity index (χ3n) is 4.20. The quantitative estimate of drug-likeness (QED) is 0.383. The number of benzene rings is 2. The fourth-order valence-corrected chi connectivity index (χ4v) is 2.82. The molecule has 2 heterocycles. The van der Waals surface area contributed by atoms with Crippen LogP contribution in [0.2, 0.25) is 0 Å². The summed E-state index contributed by atoms with van der Waals surface area (Å²) < 4.78 is 5.69. The molecule has 0 radical (unpaired) electrons. The Labute approximate surface area is 150 Å². The monoisotopic (exact) mass is 340 g/mol. The fourth-order valence-electron chi connectivity index (χ4n) is 2.82. The van der Waals surface area contributed by atoms with Crippen molar-refractivity contribution in [3.05, 3.63) is 90.0 Å². The topological polar surface area (TPSA) is 56.0 Å². The van der Waals surface area contributed by atoms with Crippen LogP contribution < -0.4 is 0 Å². The molecular weight excluding hydrogens is 324 g/mol. The average Bonchev–Trinajstić information content (AvgIpc) is 3.04. The molecule has 4 nitrogen and oxygen atoms in total. The van der Waals surface area contributed by atoms with Gasteiger partial charge >= 0.3 is 0 Å². The van der Waals surface area contributed by atoms with Gasteiger partial charge in [0.2, 0.25) is 5.78 Å². The molecule has 4 aromatic rings. The summed E-state index contributed by atoms with van der Waals surface area (Å²) in [5.41, 5.74) is 3.28. The van der Waals surface area contributed by atoms with Crippen LogP contribution in [0.4, 0.5) is 0 Å². The predicted octanol–water partition coefficient (Wildman–Crippen LogP) is 5.09. The van der Waals surface area contributed by atoms with Gasteiger partial charge in [-0.2, -0.15) is 0 Å². The van der Waals surface area contributed by atoms with E-state index in [4.69, 9.17) is 4.42 Å². The van der Waals surface area contributed by atoms with Gasteiger partial charge in [-0.25, -0.2) is 9.97 Å². The number of ketones is 1. The minimum Gasteiger partial charge on any atom is -0.452 e. The molecule has 0 saturated carbocycles. The molecule has 0 saturated heterocycles. The lowest BCUT2D eigenvalue weighted by molar-refractivity contribution is 0.102. The number of para-hydroxylation sites is 1. The van der Waals surface area contributed by atoms with Crippen molar-refractivity contribution in [3.63, 3.8) is 0 Å². The zero-order valence-electron chi connectivity index (χ0n) is 14.2. The van der Waals surface area contributed by atoms with Crippen LogP contribution in [0.3, 0.4) is 0 Å². The summed E-state index contributed by atoms with van der Waals surface area (Å²) >= 11 is 0. The van der Waals surface area contributed by atoms with Crippen molar-refractivity contribution in [2.24, 2.45) is 0 Å². The van der Waals surface area contributed by atoms with E-state index in [0.29, 0.717) is 11.6 Å². The minimum atomic E-state index is -0.175. The van der Waals surface area contributed by atoms with Crippen molar-refractivity contribution in [1.29, 1.82) is 0 Å². The van der Waals surface area contributed by atoms with Crippen LogP contribution in [0, 0.1) is 6.92 Å². The first-order valence-corrected chi connectivity index (χ1v) is 8.30. The van der Waals surface area contributed by atoms with Gasteiger partial charge in [0.05, 0.1) is 0 Å². The number of hydrogen-bond donors (Lipinski definition) is 0. The minimum absolute atomic E-state index is 0.175. The Bertz CT molecular complexity index is 1090. The molecule has 0 atom stereocenters. The Morgan fingerprint density at radius 1 is 0.962 bits per heavy atom. The molecule has 0 N–H and O–H groups in total. The highest BCUT2D eigenvalue weighted by Gasteiger charge is 2.14. The maximum atomic E-state index is 12.5. The molecule has 0 aliphatic heterocycles. The van der Waals surface area contributed by atoms with Crippen LogP contribution in [-0.4, -0.2) is 15.8 Å². The molecule has 2 aromatic heterocycles. The molecule has 0 aliphatic carbocycles. The van der Waals surface area contributed by atoms with E-state index in [1.54, 1.807) is 18.5 Å². The number of nitrogens with zero attached hydrogens (tertiary/aromatic N) is 2. The van der Waals surface area contributed by atoms with Crippen molar-refractivity contribution >= 4 is 22.8 Å². The first-order chi connectivity index (χ1) is 12.7. The van der Waals surface area contributed by atoms with E-state index in [1.807, 2.05) is 61.5 Å². The van der Waals surface area contributed by atoms with Gasteiger partial charge in [0.25, 0.3) is 0 Å². The molecule has 4 heteroatoms. The van der Waals surface area contributed by atoms with Crippen molar-refractivity contribution < 1.29 is 9.21 Å². The number of carbonyl (C=O) groups excluding carboxylic acids is 1. The number of carbonyl (C=O) groups is 1. The first kappa shape index (κ1) is 16.0. The summed E-state index contributed by atoms with van der Waals surface area (Å²) in [5.74, 6) is 0.845. The summed E-state index contributed by atoms with van der Waals surface area (Å²) in [6.07, 6.45) is 6.59. The van der Waals surface area contributed by atoms with E-state index in [1.165, 1.54) is 6.08 Å². The standard InChI is InChI=1S/C22H16N2O2/c1-15-18-9-5-6-10-20(18)26-21(15)19(25)12-11-16-13-23-22(24-14-16)17-7-3-2-4-8-17/h2-14H,1H3. The Morgan fingerprint density at radius 2 is 1.65 bits per heavy atom. The molecular formula is C22H16N2O2. The van der Waals surface area contributed by atoms with E-state index >= 15 is 0 Å². The SMILES string of the molecule is Cc1c(C(=O)C=Cc2cnc(-c3ccccc3)nc2)oc2ccccc12. The molecule has 0 bridgehead atoms. The van der Waals surface area contributed by atoms with Crippen molar-refractivity contribution in [3.8, 4) is 11.4 Å². The van der Waals surface area contributed by atoms with Crippen LogP contribution in [0.5, 0.6) is 0 Å². The maximum Gasteiger partial charge on any atom is 0.221 e. The first-order valence-electron chi connectivity index (χ1n) is 8.30. The van der Waals surface area contributed by atoms with Gasteiger partial charge < -0.3 is 4.42 Å². The number of fused-ring (bicyclic) bond motifs is 1. The van der Waals surface area contributed by atoms with Crippen molar-refractivity contribution in [2.75, 3.05) is 0 Å². The maximum absolute atomic E-state index is 12.5. The zero-order chi connectivity index (χ0) is 17.9.